The van der Waals surface area contributed by atoms with E-state index in [0.29, 0.717) is 23.8 Å². The number of hydrogen-bond donors (Lipinski definition) is 0. The molecule has 0 saturated heterocycles. The number of nitrogens with zero attached hydrogens (tertiary/aromatic N) is 1. The number of ether oxygens (including phenoxy) is 1. The van der Waals surface area contributed by atoms with E-state index in [1.54, 1.807) is 18.2 Å². The predicted octanol–water partition coefficient (Wildman–Crippen LogP) is 4.44. The Bertz CT molecular complexity index is 1510. The normalized spacial score (nSPS) is 11.4. The van der Waals surface area contributed by atoms with Gasteiger partial charge < -0.3 is 13.3 Å². The number of fused-ring (bicyclic) bond motifs is 1. The monoisotopic (exact) mass is 479 g/mol. The minimum absolute atomic E-state index is 0.0431. The van der Waals surface area contributed by atoms with Gasteiger partial charge in [-0.1, -0.05) is 31.0 Å². The molecule has 0 amide bonds. The highest BCUT2D eigenvalue weighted by molar-refractivity contribution is 7.87. The molecule has 0 fully saturated rings. The fourth-order valence-corrected chi connectivity index (χ4v) is 4.36. The van der Waals surface area contributed by atoms with Gasteiger partial charge in [0, 0.05) is 30.6 Å². The third-order valence-electron chi connectivity index (χ3n) is 5.00. The van der Waals surface area contributed by atoms with Crippen LogP contribution in [0.15, 0.2) is 81.1 Å². The fraction of sp³-hybridized carbons (Fsp3) is 0.160. The van der Waals surface area contributed by atoms with Crippen LogP contribution in [0.3, 0.4) is 0 Å². The van der Waals surface area contributed by atoms with Crippen LogP contribution in [-0.2, 0) is 16.5 Å². The first-order chi connectivity index (χ1) is 16.3. The Hall–Kier alpha value is -3.98. The minimum Gasteiger partial charge on any atom is -0.423 e. The van der Waals surface area contributed by atoms with E-state index in [4.69, 9.17) is 13.3 Å². The smallest absolute Gasteiger partial charge is 0.345 e. The van der Waals surface area contributed by atoms with Gasteiger partial charge in [0.05, 0.1) is 10.9 Å². The third kappa shape index (κ3) is 4.99. The lowest BCUT2D eigenvalue weighted by molar-refractivity contribution is 0.0734. The van der Waals surface area contributed by atoms with Crippen molar-refractivity contribution in [1.82, 2.24) is 4.98 Å². The molecule has 0 unspecified atom stereocenters. The van der Waals surface area contributed by atoms with E-state index in [9.17, 15) is 18.0 Å². The van der Waals surface area contributed by atoms with Crippen molar-refractivity contribution in [1.29, 1.82) is 0 Å². The van der Waals surface area contributed by atoms with E-state index >= 15 is 0 Å². The molecule has 174 valence electrons. The van der Waals surface area contributed by atoms with Crippen LogP contribution < -0.4 is 14.5 Å². The van der Waals surface area contributed by atoms with Crippen molar-refractivity contribution in [2.75, 3.05) is 0 Å². The summed E-state index contributed by atoms with van der Waals surface area (Å²) < 4.78 is 42.3. The number of rotatable bonds is 7. The summed E-state index contributed by atoms with van der Waals surface area (Å²) in [5.41, 5.74) is 1.08. The minimum atomic E-state index is -4.23. The molecule has 34 heavy (non-hydrogen) atoms. The zero-order chi connectivity index (χ0) is 24.3. The highest BCUT2D eigenvalue weighted by atomic mass is 32.2. The topological polar surface area (TPSA) is 113 Å². The third-order valence-corrected chi connectivity index (χ3v) is 6.25. The average Bonchev–Trinajstić information content (AvgIpc) is 2.79. The maximum atomic E-state index is 13.0. The van der Waals surface area contributed by atoms with Crippen molar-refractivity contribution in [3.05, 3.63) is 94.1 Å². The van der Waals surface area contributed by atoms with Crippen LogP contribution in [0.2, 0.25) is 0 Å². The Morgan fingerprint density at radius 3 is 2.53 bits per heavy atom. The molecule has 0 N–H and O–H groups in total. The molecule has 9 heteroatoms. The highest BCUT2D eigenvalue weighted by Gasteiger charge is 2.22. The van der Waals surface area contributed by atoms with Crippen LogP contribution in [-0.4, -0.2) is 19.4 Å². The van der Waals surface area contributed by atoms with Crippen molar-refractivity contribution in [2.45, 2.75) is 31.6 Å². The van der Waals surface area contributed by atoms with Gasteiger partial charge in [-0.2, -0.15) is 8.42 Å². The average molecular weight is 480 g/mol. The van der Waals surface area contributed by atoms with Gasteiger partial charge in [-0.25, -0.2) is 9.59 Å². The van der Waals surface area contributed by atoms with E-state index < -0.39 is 21.7 Å². The lowest BCUT2D eigenvalue weighted by atomic mass is 10.0. The second kappa shape index (κ2) is 9.48. The molecule has 0 spiro atoms. The number of carbonyl (C=O) groups is 1. The first-order valence-corrected chi connectivity index (χ1v) is 11.9. The van der Waals surface area contributed by atoms with Crippen LogP contribution in [0.5, 0.6) is 11.5 Å². The molecule has 8 nitrogen and oxygen atoms in total. The maximum Gasteiger partial charge on any atom is 0.345 e. The van der Waals surface area contributed by atoms with Gasteiger partial charge in [-0.05, 0) is 43.2 Å². The number of aromatic nitrogens is 1. The summed E-state index contributed by atoms with van der Waals surface area (Å²) in [6.45, 7) is 3.76. The number of pyridine rings is 1. The molecule has 2 aromatic heterocycles. The van der Waals surface area contributed by atoms with Gasteiger partial charge in [0.2, 0.25) is 0 Å². The first-order valence-electron chi connectivity index (χ1n) is 10.5. The Labute approximate surface area is 195 Å². The van der Waals surface area contributed by atoms with Gasteiger partial charge in [-0.3, -0.25) is 4.98 Å². The molecule has 0 radical (unpaired) electrons. The van der Waals surface area contributed by atoms with Crippen LogP contribution in [0.4, 0.5) is 0 Å². The number of aryl methyl sites for hydroxylation is 2. The SMILES string of the molecule is CCCc1cc(=O)oc2cc(OC(=O)c3cccnc3)cc(OS(=O)(=O)c3ccc(C)cc3)c12. The highest BCUT2D eigenvalue weighted by Crippen LogP contribution is 2.35. The van der Waals surface area contributed by atoms with Crippen molar-refractivity contribution < 1.29 is 26.5 Å². The zero-order valence-electron chi connectivity index (χ0n) is 18.5. The van der Waals surface area contributed by atoms with Gasteiger partial charge in [0.1, 0.15) is 16.2 Å². The molecule has 0 atom stereocenters. The first kappa shape index (κ1) is 23.2. The molecule has 0 aliphatic carbocycles. The Balaban J connectivity index is 1.84. The lowest BCUT2D eigenvalue weighted by Gasteiger charge is -2.14. The summed E-state index contributed by atoms with van der Waals surface area (Å²) in [7, 11) is -4.23. The molecular weight excluding hydrogens is 458 g/mol. The zero-order valence-corrected chi connectivity index (χ0v) is 19.3. The number of carbonyl (C=O) groups excluding carboxylic acids is 1. The van der Waals surface area contributed by atoms with Gasteiger partial charge >= 0.3 is 21.7 Å². The van der Waals surface area contributed by atoms with Gasteiger partial charge in [0.25, 0.3) is 0 Å². The number of hydrogen-bond acceptors (Lipinski definition) is 8. The van der Waals surface area contributed by atoms with E-state index in [-0.39, 0.29) is 27.5 Å². The Morgan fingerprint density at radius 2 is 1.85 bits per heavy atom. The molecule has 4 aromatic rings. The molecule has 2 heterocycles. The van der Waals surface area contributed by atoms with Crippen LogP contribution in [0, 0.1) is 6.92 Å². The van der Waals surface area contributed by atoms with Crippen molar-refractivity contribution in [2.24, 2.45) is 0 Å². The van der Waals surface area contributed by atoms with Crippen LogP contribution >= 0.6 is 0 Å². The van der Waals surface area contributed by atoms with E-state index in [2.05, 4.69) is 4.98 Å². The van der Waals surface area contributed by atoms with Crippen molar-refractivity contribution in [3.8, 4) is 11.5 Å². The molecule has 2 aromatic carbocycles. The standard InChI is InChI=1S/C25H21NO7S/c1-3-5-17-12-23(27)32-21-13-19(31-25(28)18-6-4-11-26-15-18)14-22(24(17)21)33-34(29,30)20-9-7-16(2)8-10-20/h4,6-15H,3,5H2,1-2H3. The van der Waals surface area contributed by atoms with Crippen LogP contribution in [0.1, 0.15) is 34.8 Å². The quantitative estimate of drug-likeness (QED) is 0.166. The molecule has 4 rings (SSSR count). The summed E-state index contributed by atoms with van der Waals surface area (Å²) in [5.74, 6) is -0.877. The molecule has 0 saturated carbocycles. The van der Waals surface area contributed by atoms with E-state index in [0.717, 1.165) is 5.56 Å². The molecular formula is C25H21NO7S. The largest absolute Gasteiger partial charge is 0.423 e. The summed E-state index contributed by atoms with van der Waals surface area (Å²) in [5, 5.41) is 0.318. The summed E-state index contributed by atoms with van der Waals surface area (Å²) in [6.07, 6.45) is 4.03. The predicted molar refractivity (Wildman–Crippen MR) is 125 cm³/mol. The number of benzene rings is 2. The van der Waals surface area contributed by atoms with E-state index in [1.807, 2.05) is 13.8 Å². The van der Waals surface area contributed by atoms with E-state index in [1.165, 1.54) is 48.8 Å². The Kier molecular flexibility index (Phi) is 6.47. The maximum absolute atomic E-state index is 13.0. The number of esters is 1. The molecule has 0 aliphatic rings. The van der Waals surface area contributed by atoms with Crippen LogP contribution in [0.25, 0.3) is 11.0 Å². The second-order valence-electron chi connectivity index (χ2n) is 7.62. The van der Waals surface area contributed by atoms with Crippen molar-refractivity contribution >= 4 is 27.1 Å². The van der Waals surface area contributed by atoms with Crippen molar-refractivity contribution in [3.63, 3.8) is 0 Å². The lowest BCUT2D eigenvalue weighted by Crippen LogP contribution is -2.12. The second-order valence-corrected chi connectivity index (χ2v) is 9.16. The Morgan fingerprint density at radius 1 is 1.09 bits per heavy atom. The van der Waals surface area contributed by atoms with Gasteiger partial charge in [-0.15, -0.1) is 0 Å². The summed E-state index contributed by atoms with van der Waals surface area (Å²) >= 11 is 0. The fourth-order valence-electron chi connectivity index (χ4n) is 3.43. The molecule has 0 aliphatic heterocycles. The van der Waals surface area contributed by atoms with Gasteiger partial charge in [0.15, 0.2) is 5.75 Å². The summed E-state index contributed by atoms with van der Waals surface area (Å²) in [6, 6.07) is 13.2. The summed E-state index contributed by atoms with van der Waals surface area (Å²) in [4.78, 5) is 28.5. The molecule has 0 bridgehead atoms.